The third kappa shape index (κ3) is 4.13. The van der Waals surface area contributed by atoms with Crippen LogP contribution in [0.1, 0.15) is 28.4 Å². The summed E-state index contributed by atoms with van der Waals surface area (Å²) in [7, 11) is 4.37. The average molecular weight is 399 g/mol. The standard InChI is InChI=1S/C22H25NO6/c1-14(21(24)23-12-11-15-7-5-6-8-16(15)13-23)29-22(25)17-9-10-18(26-2)20(28-4)19(17)27-3/h5-10,14H,11-13H2,1-4H3/t14-/m1/s1. The van der Waals surface area contributed by atoms with E-state index in [2.05, 4.69) is 6.07 Å². The Balaban J connectivity index is 1.73. The van der Waals surface area contributed by atoms with Gasteiger partial charge in [0.2, 0.25) is 5.75 Å². The van der Waals surface area contributed by atoms with E-state index < -0.39 is 12.1 Å². The molecule has 0 bridgehead atoms. The minimum atomic E-state index is -0.925. The first kappa shape index (κ1) is 20.5. The number of fused-ring (bicyclic) bond motifs is 1. The van der Waals surface area contributed by atoms with E-state index in [0.29, 0.717) is 18.8 Å². The van der Waals surface area contributed by atoms with E-state index in [1.54, 1.807) is 17.9 Å². The highest BCUT2D eigenvalue weighted by atomic mass is 16.6. The zero-order chi connectivity index (χ0) is 21.0. The second-order valence-corrected chi connectivity index (χ2v) is 6.71. The van der Waals surface area contributed by atoms with E-state index in [1.165, 1.54) is 33.0 Å². The number of rotatable bonds is 6. The summed E-state index contributed by atoms with van der Waals surface area (Å²) in [5.41, 5.74) is 2.53. The van der Waals surface area contributed by atoms with E-state index >= 15 is 0 Å². The molecule has 1 aliphatic rings. The summed E-state index contributed by atoms with van der Waals surface area (Å²) >= 11 is 0. The topological polar surface area (TPSA) is 74.3 Å². The Morgan fingerprint density at radius 1 is 0.931 bits per heavy atom. The molecule has 0 N–H and O–H groups in total. The maximum absolute atomic E-state index is 12.8. The fourth-order valence-corrected chi connectivity index (χ4v) is 3.48. The van der Waals surface area contributed by atoms with Crippen LogP contribution in [0.25, 0.3) is 0 Å². The highest BCUT2D eigenvalue weighted by Crippen LogP contribution is 2.40. The molecule has 0 fully saturated rings. The van der Waals surface area contributed by atoms with Crippen molar-refractivity contribution in [2.75, 3.05) is 27.9 Å². The second kappa shape index (κ2) is 8.86. The van der Waals surface area contributed by atoms with Gasteiger partial charge in [-0.15, -0.1) is 0 Å². The molecule has 0 aromatic heterocycles. The van der Waals surface area contributed by atoms with Crippen LogP contribution in [0.2, 0.25) is 0 Å². The van der Waals surface area contributed by atoms with Crippen LogP contribution in [0.5, 0.6) is 17.2 Å². The van der Waals surface area contributed by atoms with Crippen LogP contribution in [0, 0.1) is 0 Å². The molecule has 0 spiro atoms. The molecule has 0 saturated heterocycles. The lowest BCUT2D eigenvalue weighted by molar-refractivity contribution is -0.140. The Morgan fingerprint density at radius 3 is 2.28 bits per heavy atom. The molecule has 0 aliphatic carbocycles. The molecule has 3 rings (SSSR count). The second-order valence-electron chi connectivity index (χ2n) is 6.71. The van der Waals surface area contributed by atoms with Gasteiger partial charge in [-0.05, 0) is 36.6 Å². The molecular weight excluding hydrogens is 374 g/mol. The normalized spacial score (nSPS) is 13.9. The van der Waals surface area contributed by atoms with Gasteiger partial charge in [0.25, 0.3) is 5.91 Å². The number of hydrogen-bond acceptors (Lipinski definition) is 6. The predicted molar refractivity (Wildman–Crippen MR) is 107 cm³/mol. The molecule has 0 saturated carbocycles. The third-order valence-corrected chi connectivity index (χ3v) is 5.00. The quantitative estimate of drug-likeness (QED) is 0.696. The Morgan fingerprint density at radius 2 is 1.62 bits per heavy atom. The summed E-state index contributed by atoms with van der Waals surface area (Å²) in [5, 5.41) is 0. The van der Waals surface area contributed by atoms with Gasteiger partial charge in [0, 0.05) is 13.1 Å². The van der Waals surface area contributed by atoms with Gasteiger partial charge in [0.05, 0.1) is 21.3 Å². The number of esters is 1. The van der Waals surface area contributed by atoms with Crippen LogP contribution < -0.4 is 14.2 Å². The lowest BCUT2D eigenvalue weighted by Gasteiger charge is -2.30. The zero-order valence-electron chi connectivity index (χ0n) is 17.1. The molecule has 1 atom stereocenters. The van der Waals surface area contributed by atoms with E-state index in [-0.39, 0.29) is 23.0 Å². The molecule has 0 radical (unpaired) electrons. The number of ether oxygens (including phenoxy) is 4. The fourth-order valence-electron chi connectivity index (χ4n) is 3.48. The van der Waals surface area contributed by atoms with Gasteiger partial charge >= 0.3 is 5.97 Å². The summed E-state index contributed by atoms with van der Waals surface area (Å²) in [5.74, 6) is 0.0184. The van der Waals surface area contributed by atoms with E-state index in [1.807, 2.05) is 18.2 Å². The summed E-state index contributed by atoms with van der Waals surface area (Å²) in [6.45, 7) is 2.68. The largest absolute Gasteiger partial charge is 0.493 e. The van der Waals surface area contributed by atoms with Crippen molar-refractivity contribution in [2.45, 2.75) is 26.0 Å². The van der Waals surface area contributed by atoms with E-state index in [4.69, 9.17) is 18.9 Å². The molecular formula is C22H25NO6. The Labute approximate surface area is 170 Å². The van der Waals surface area contributed by atoms with Gasteiger partial charge in [0.1, 0.15) is 5.56 Å². The molecule has 7 nitrogen and oxygen atoms in total. The molecule has 1 heterocycles. The molecule has 29 heavy (non-hydrogen) atoms. The minimum Gasteiger partial charge on any atom is -0.493 e. The molecule has 0 unspecified atom stereocenters. The number of amides is 1. The Bertz CT molecular complexity index is 910. The Kier molecular flexibility index (Phi) is 6.26. The van der Waals surface area contributed by atoms with Crippen LogP contribution in [0.4, 0.5) is 0 Å². The van der Waals surface area contributed by atoms with Crippen molar-refractivity contribution < 1.29 is 28.5 Å². The summed E-state index contributed by atoms with van der Waals surface area (Å²) in [4.78, 5) is 27.3. The zero-order valence-corrected chi connectivity index (χ0v) is 17.1. The maximum atomic E-state index is 12.8. The molecule has 1 aliphatic heterocycles. The van der Waals surface area contributed by atoms with Crippen molar-refractivity contribution in [3.63, 3.8) is 0 Å². The highest BCUT2D eigenvalue weighted by molar-refractivity contribution is 5.96. The van der Waals surface area contributed by atoms with Crippen molar-refractivity contribution in [1.29, 1.82) is 0 Å². The number of methoxy groups -OCH3 is 3. The number of benzene rings is 2. The SMILES string of the molecule is COc1ccc(C(=O)O[C@H](C)C(=O)N2CCc3ccccc3C2)c(OC)c1OC. The van der Waals surface area contributed by atoms with Crippen LogP contribution in [-0.4, -0.2) is 50.8 Å². The smallest absolute Gasteiger partial charge is 0.342 e. The summed E-state index contributed by atoms with van der Waals surface area (Å²) < 4.78 is 21.3. The minimum absolute atomic E-state index is 0.161. The lowest BCUT2D eigenvalue weighted by Crippen LogP contribution is -2.42. The van der Waals surface area contributed by atoms with Gasteiger partial charge in [0.15, 0.2) is 17.6 Å². The first-order valence-corrected chi connectivity index (χ1v) is 9.35. The number of carbonyl (C=O) groups excluding carboxylic acids is 2. The van der Waals surface area contributed by atoms with Gasteiger partial charge in [-0.1, -0.05) is 24.3 Å². The van der Waals surface area contributed by atoms with E-state index in [9.17, 15) is 9.59 Å². The van der Waals surface area contributed by atoms with Crippen molar-refractivity contribution in [3.8, 4) is 17.2 Å². The summed E-state index contributed by atoms with van der Waals surface area (Å²) in [6.07, 6.45) is -0.142. The monoisotopic (exact) mass is 399 g/mol. The van der Waals surface area contributed by atoms with Crippen LogP contribution >= 0.6 is 0 Å². The first-order valence-electron chi connectivity index (χ1n) is 9.35. The lowest BCUT2D eigenvalue weighted by atomic mass is 9.99. The first-order chi connectivity index (χ1) is 14.0. The highest BCUT2D eigenvalue weighted by Gasteiger charge is 2.29. The van der Waals surface area contributed by atoms with Crippen molar-refractivity contribution >= 4 is 11.9 Å². The molecule has 1 amide bonds. The molecule has 154 valence electrons. The third-order valence-electron chi connectivity index (χ3n) is 5.00. The van der Waals surface area contributed by atoms with Crippen LogP contribution in [0.15, 0.2) is 36.4 Å². The number of nitrogens with zero attached hydrogens (tertiary/aromatic N) is 1. The van der Waals surface area contributed by atoms with Gasteiger partial charge in [-0.2, -0.15) is 0 Å². The van der Waals surface area contributed by atoms with Gasteiger partial charge in [-0.3, -0.25) is 4.79 Å². The molecule has 2 aromatic carbocycles. The molecule has 7 heteroatoms. The fraction of sp³-hybridized carbons (Fsp3) is 0.364. The summed E-state index contributed by atoms with van der Waals surface area (Å²) in [6, 6.07) is 11.2. The van der Waals surface area contributed by atoms with Gasteiger partial charge < -0.3 is 23.8 Å². The molecule has 2 aromatic rings. The van der Waals surface area contributed by atoms with Crippen molar-refractivity contribution in [3.05, 3.63) is 53.1 Å². The van der Waals surface area contributed by atoms with Crippen molar-refractivity contribution in [1.82, 2.24) is 4.90 Å². The van der Waals surface area contributed by atoms with Crippen molar-refractivity contribution in [2.24, 2.45) is 0 Å². The average Bonchev–Trinajstić information content (AvgIpc) is 2.76. The van der Waals surface area contributed by atoms with Crippen LogP contribution in [0.3, 0.4) is 0 Å². The van der Waals surface area contributed by atoms with Gasteiger partial charge in [-0.25, -0.2) is 4.79 Å². The maximum Gasteiger partial charge on any atom is 0.342 e. The number of hydrogen-bond donors (Lipinski definition) is 0. The van der Waals surface area contributed by atoms with Crippen LogP contribution in [-0.2, 0) is 22.5 Å². The Hall–Kier alpha value is -3.22. The predicted octanol–water partition coefficient (Wildman–Crippen LogP) is 2.84. The number of carbonyl (C=O) groups is 2. The van der Waals surface area contributed by atoms with E-state index in [0.717, 1.165) is 12.0 Å².